The monoisotopic (exact) mass is 345 g/mol. The normalized spacial score (nSPS) is 17.2. The molecular weight excluding hydrogens is 326 g/mol. The van der Waals surface area contributed by atoms with Crippen molar-refractivity contribution in [1.29, 1.82) is 0 Å². The summed E-state index contributed by atoms with van der Waals surface area (Å²) in [7, 11) is 1.73. The lowest BCUT2D eigenvalue weighted by molar-refractivity contribution is 0.413. The number of hydrogen-bond acceptors (Lipinski definition) is 2. The van der Waals surface area contributed by atoms with Crippen molar-refractivity contribution in [3.63, 3.8) is 0 Å². The molecule has 21 heavy (non-hydrogen) atoms. The number of rotatable bonds is 3. The zero-order valence-corrected chi connectivity index (χ0v) is 14.0. The standard InChI is InChI=1S/C18H20BrNO/c1-12-6-8-14(19)10-18(12)20-17-5-3-4-13-7-9-15(21-2)11-16(13)17/h6-11,17,20H,3-5H2,1-2H3. The molecule has 2 aromatic rings. The summed E-state index contributed by atoms with van der Waals surface area (Å²) in [5, 5.41) is 3.71. The average Bonchev–Trinajstić information content (AvgIpc) is 2.51. The number of aryl methyl sites for hydroxylation is 2. The molecule has 1 N–H and O–H groups in total. The Hall–Kier alpha value is -1.48. The molecule has 3 heteroatoms. The van der Waals surface area contributed by atoms with Gasteiger partial charge in [0.05, 0.1) is 13.2 Å². The second-order valence-corrected chi connectivity index (χ2v) is 6.53. The SMILES string of the molecule is COc1ccc2c(c1)C(Nc1cc(Br)ccc1C)CCC2. The fraction of sp³-hybridized carbons (Fsp3) is 0.333. The molecule has 0 saturated carbocycles. The molecule has 1 aliphatic carbocycles. The third-order valence-corrected chi connectivity index (χ3v) is 4.69. The summed E-state index contributed by atoms with van der Waals surface area (Å²) in [6.45, 7) is 2.14. The second-order valence-electron chi connectivity index (χ2n) is 5.61. The molecule has 0 spiro atoms. The minimum Gasteiger partial charge on any atom is -0.497 e. The second kappa shape index (κ2) is 6.10. The maximum atomic E-state index is 5.39. The van der Waals surface area contributed by atoms with Crippen LogP contribution in [-0.4, -0.2) is 7.11 Å². The average molecular weight is 346 g/mol. The molecule has 1 aliphatic rings. The first kappa shape index (κ1) is 14.5. The van der Waals surface area contributed by atoms with E-state index in [1.54, 1.807) is 7.11 Å². The molecule has 2 aromatic carbocycles. The predicted molar refractivity (Wildman–Crippen MR) is 91.2 cm³/mol. The molecule has 0 aromatic heterocycles. The maximum Gasteiger partial charge on any atom is 0.119 e. The fourth-order valence-corrected chi connectivity index (χ4v) is 3.35. The predicted octanol–water partition coefficient (Wildman–Crippen LogP) is 5.26. The van der Waals surface area contributed by atoms with E-state index in [9.17, 15) is 0 Å². The number of nitrogens with one attached hydrogen (secondary N) is 1. The highest BCUT2D eigenvalue weighted by atomic mass is 79.9. The quantitative estimate of drug-likeness (QED) is 0.819. The van der Waals surface area contributed by atoms with E-state index in [1.165, 1.54) is 28.8 Å². The molecule has 0 bridgehead atoms. The highest BCUT2D eigenvalue weighted by Gasteiger charge is 2.21. The van der Waals surface area contributed by atoms with E-state index in [0.717, 1.165) is 23.1 Å². The lowest BCUT2D eigenvalue weighted by Gasteiger charge is -2.28. The van der Waals surface area contributed by atoms with E-state index < -0.39 is 0 Å². The topological polar surface area (TPSA) is 21.3 Å². The van der Waals surface area contributed by atoms with Crippen LogP contribution in [-0.2, 0) is 6.42 Å². The Morgan fingerprint density at radius 1 is 1.19 bits per heavy atom. The van der Waals surface area contributed by atoms with Crippen LogP contribution in [0.2, 0.25) is 0 Å². The highest BCUT2D eigenvalue weighted by molar-refractivity contribution is 9.10. The van der Waals surface area contributed by atoms with E-state index in [2.05, 4.69) is 64.6 Å². The number of ether oxygens (including phenoxy) is 1. The minimum atomic E-state index is 0.358. The molecule has 110 valence electrons. The van der Waals surface area contributed by atoms with Crippen LogP contribution >= 0.6 is 15.9 Å². The lowest BCUT2D eigenvalue weighted by Crippen LogP contribution is -2.18. The zero-order chi connectivity index (χ0) is 14.8. The van der Waals surface area contributed by atoms with E-state index in [1.807, 2.05) is 0 Å². The highest BCUT2D eigenvalue weighted by Crippen LogP contribution is 2.35. The summed E-state index contributed by atoms with van der Waals surface area (Å²) < 4.78 is 6.49. The van der Waals surface area contributed by atoms with Crippen LogP contribution in [0.5, 0.6) is 5.75 Å². The summed E-state index contributed by atoms with van der Waals surface area (Å²) in [5.41, 5.74) is 5.28. The molecule has 0 heterocycles. The lowest BCUT2D eigenvalue weighted by atomic mass is 9.87. The first-order valence-electron chi connectivity index (χ1n) is 7.37. The van der Waals surface area contributed by atoms with Gasteiger partial charge < -0.3 is 10.1 Å². The van der Waals surface area contributed by atoms with Gasteiger partial charge in [0.1, 0.15) is 5.75 Å². The van der Waals surface area contributed by atoms with Gasteiger partial charge in [0.25, 0.3) is 0 Å². The van der Waals surface area contributed by atoms with Gasteiger partial charge in [-0.05, 0) is 67.1 Å². The molecule has 0 aliphatic heterocycles. The number of halogens is 1. The first-order valence-corrected chi connectivity index (χ1v) is 8.16. The van der Waals surface area contributed by atoms with Gasteiger partial charge in [-0.1, -0.05) is 28.1 Å². The van der Waals surface area contributed by atoms with E-state index in [0.29, 0.717) is 6.04 Å². The Labute approximate surface area is 134 Å². The van der Waals surface area contributed by atoms with E-state index in [4.69, 9.17) is 4.74 Å². The van der Waals surface area contributed by atoms with Crippen LogP contribution in [0.25, 0.3) is 0 Å². The van der Waals surface area contributed by atoms with Gasteiger partial charge in [0.15, 0.2) is 0 Å². The van der Waals surface area contributed by atoms with Crippen molar-refractivity contribution in [2.45, 2.75) is 32.2 Å². The van der Waals surface area contributed by atoms with Gasteiger partial charge in [-0.15, -0.1) is 0 Å². The van der Waals surface area contributed by atoms with Crippen molar-refractivity contribution in [2.24, 2.45) is 0 Å². The number of fused-ring (bicyclic) bond motifs is 1. The largest absolute Gasteiger partial charge is 0.497 e. The fourth-order valence-electron chi connectivity index (χ4n) is 2.99. The third-order valence-electron chi connectivity index (χ3n) is 4.20. The van der Waals surface area contributed by atoms with Crippen molar-refractivity contribution in [2.75, 3.05) is 12.4 Å². The van der Waals surface area contributed by atoms with Crippen LogP contribution in [0.1, 0.15) is 35.6 Å². The molecule has 1 atom stereocenters. The van der Waals surface area contributed by atoms with Crippen molar-refractivity contribution in [3.05, 3.63) is 57.6 Å². The zero-order valence-electron chi connectivity index (χ0n) is 12.4. The number of benzene rings is 2. The Morgan fingerprint density at radius 2 is 2.05 bits per heavy atom. The number of hydrogen-bond donors (Lipinski definition) is 1. The molecular formula is C18H20BrNO. The van der Waals surface area contributed by atoms with E-state index >= 15 is 0 Å². The van der Waals surface area contributed by atoms with Crippen LogP contribution in [0.3, 0.4) is 0 Å². The Balaban J connectivity index is 1.92. The molecule has 2 nitrogen and oxygen atoms in total. The molecule has 3 rings (SSSR count). The Kier molecular flexibility index (Phi) is 4.20. The smallest absolute Gasteiger partial charge is 0.119 e. The first-order chi connectivity index (χ1) is 10.2. The van der Waals surface area contributed by atoms with Crippen molar-refractivity contribution in [1.82, 2.24) is 0 Å². The van der Waals surface area contributed by atoms with Crippen molar-refractivity contribution in [3.8, 4) is 5.75 Å². The third kappa shape index (κ3) is 3.08. The summed E-state index contributed by atoms with van der Waals surface area (Å²) in [5.74, 6) is 0.938. The molecule has 0 fully saturated rings. The summed E-state index contributed by atoms with van der Waals surface area (Å²) in [6.07, 6.45) is 3.55. The van der Waals surface area contributed by atoms with Gasteiger partial charge in [0, 0.05) is 10.2 Å². The Bertz CT molecular complexity index is 654. The molecule has 0 saturated heterocycles. The number of methoxy groups -OCH3 is 1. The van der Waals surface area contributed by atoms with Crippen molar-refractivity contribution >= 4 is 21.6 Å². The van der Waals surface area contributed by atoms with Crippen LogP contribution in [0, 0.1) is 6.92 Å². The summed E-state index contributed by atoms with van der Waals surface area (Å²) in [4.78, 5) is 0. The van der Waals surface area contributed by atoms with Crippen LogP contribution < -0.4 is 10.1 Å². The number of anilines is 1. The summed E-state index contributed by atoms with van der Waals surface area (Å²) in [6, 6.07) is 13.2. The molecule has 0 radical (unpaired) electrons. The van der Waals surface area contributed by atoms with Gasteiger partial charge in [0.2, 0.25) is 0 Å². The van der Waals surface area contributed by atoms with Gasteiger partial charge in [-0.3, -0.25) is 0 Å². The van der Waals surface area contributed by atoms with Gasteiger partial charge in [-0.25, -0.2) is 0 Å². The minimum absolute atomic E-state index is 0.358. The van der Waals surface area contributed by atoms with E-state index in [-0.39, 0.29) is 0 Å². The summed E-state index contributed by atoms with van der Waals surface area (Å²) >= 11 is 3.56. The van der Waals surface area contributed by atoms with Gasteiger partial charge >= 0.3 is 0 Å². The Morgan fingerprint density at radius 3 is 2.86 bits per heavy atom. The van der Waals surface area contributed by atoms with Crippen molar-refractivity contribution < 1.29 is 4.74 Å². The van der Waals surface area contributed by atoms with Crippen LogP contribution in [0.15, 0.2) is 40.9 Å². The van der Waals surface area contributed by atoms with Gasteiger partial charge in [-0.2, -0.15) is 0 Å². The van der Waals surface area contributed by atoms with Crippen LogP contribution in [0.4, 0.5) is 5.69 Å². The molecule has 1 unspecified atom stereocenters. The maximum absolute atomic E-state index is 5.39. The molecule has 0 amide bonds.